The Kier molecular flexibility index (Phi) is 5.10. The minimum absolute atomic E-state index is 0.537. The summed E-state index contributed by atoms with van der Waals surface area (Å²) in [4.78, 5) is 4.12. The van der Waals surface area contributed by atoms with E-state index in [1.54, 1.807) is 6.20 Å². The molecule has 1 rings (SSSR count). The second kappa shape index (κ2) is 6.40. The molecule has 0 aliphatic carbocycles. The molecule has 0 fully saturated rings. The Morgan fingerprint density at radius 1 is 1.47 bits per heavy atom. The highest BCUT2D eigenvalue weighted by Gasteiger charge is 2.02. The van der Waals surface area contributed by atoms with Crippen LogP contribution in [0.25, 0.3) is 0 Å². The number of aromatic nitrogens is 1. The van der Waals surface area contributed by atoms with Gasteiger partial charge in [-0.15, -0.1) is 0 Å². The molecule has 2 N–H and O–H groups in total. The summed E-state index contributed by atoms with van der Waals surface area (Å²) < 4.78 is 5.43. The van der Waals surface area contributed by atoms with Crippen molar-refractivity contribution in [2.75, 3.05) is 6.54 Å². The summed E-state index contributed by atoms with van der Waals surface area (Å²) in [5.74, 6) is 1.58. The van der Waals surface area contributed by atoms with E-state index in [0.717, 1.165) is 25.1 Å². The number of hydrogen-bond acceptors (Lipinski definition) is 3. The molecule has 1 heterocycles. The average Bonchev–Trinajstić information content (AvgIpc) is 2.71. The Morgan fingerprint density at radius 2 is 2.27 bits per heavy atom. The van der Waals surface area contributed by atoms with Gasteiger partial charge in [-0.2, -0.15) is 0 Å². The van der Waals surface area contributed by atoms with E-state index in [9.17, 15) is 0 Å². The minimum atomic E-state index is 0.537. The minimum Gasteiger partial charge on any atom is -0.444 e. The topological polar surface area (TPSA) is 50.1 Å². The fraction of sp³-hybridized carbons (Fsp3) is 0.600. The van der Waals surface area contributed by atoms with Gasteiger partial charge in [0, 0.05) is 13.0 Å². The maximum absolute atomic E-state index is 5.43. The molecule has 0 saturated carbocycles. The van der Waals surface area contributed by atoms with Crippen LogP contribution in [-0.4, -0.2) is 16.6 Å². The fourth-order valence-electron chi connectivity index (χ4n) is 1.05. The summed E-state index contributed by atoms with van der Waals surface area (Å²) in [6.45, 7) is 5.55. The van der Waals surface area contributed by atoms with Crippen molar-refractivity contribution in [3.8, 4) is 0 Å². The fourth-order valence-corrected chi connectivity index (χ4v) is 1.22. The molecule has 0 aliphatic rings. The van der Waals surface area contributed by atoms with Crippen LogP contribution in [0.4, 0.5) is 0 Å². The molecular weight excluding hydrogens is 210 g/mol. The predicted octanol–water partition coefficient (Wildman–Crippen LogP) is 1.61. The lowest BCUT2D eigenvalue weighted by atomic mass is 10.4. The summed E-state index contributed by atoms with van der Waals surface area (Å²) in [5, 5.41) is 6.76. The van der Waals surface area contributed by atoms with Crippen molar-refractivity contribution in [1.29, 1.82) is 0 Å². The molecule has 5 heteroatoms. The first-order chi connectivity index (χ1) is 7.26. The Balaban J connectivity index is 2.27. The quantitative estimate of drug-likeness (QED) is 0.748. The largest absolute Gasteiger partial charge is 0.444 e. The molecule has 15 heavy (non-hydrogen) atoms. The van der Waals surface area contributed by atoms with Crippen LogP contribution < -0.4 is 10.6 Å². The Morgan fingerprint density at radius 3 is 2.87 bits per heavy atom. The summed E-state index contributed by atoms with van der Waals surface area (Å²) in [6.07, 6.45) is 3.67. The Bertz CT molecular complexity index is 311. The van der Waals surface area contributed by atoms with Gasteiger partial charge in [-0.25, -0.2) is 4.98 Å². The van der Waals surface area contributed by atoms with Crippen LogP contribution in [-0.2, 0) is 13.0 Å². The molecule has 0 saturated heterocycles. The van der Waals surface area contributed by atoms with Crippen molar-refractivity contribution in [3.63, 3.8) is 0 Å². The van der Waals surface area contributed by atoms with E-state index in [2.05, 4.69) is 22.5 Å². The first kappa shape index (κ1) is 12.0. The van der Waals surface area contributed by atoms with Gasteiger partial charge in [-0.05, 0) is 18.6 Å². The van der Waals surface area contributed by atoms with Gasteiger partial charge in [0.15, 0.2) is 5.11 Å². The lowest BCUT2D eigenvalue weighted by molar-refractivity contribution is 0.453. The maximum atomic E-state index is 5.43. The van der Waals surface area contributed by atoms with Gasteiger partial charge in [-0.1, -0.05) is 13.8 Å². The normalized spacial score (nSPS) is 10.0. The smallest absolute Gasteiger partial charge is 0.213 e. The monoisotopic (exact) mass is 227 g/mol. The van der Waals surface area contributed by atoms with Crippen LogP contribution in [0.5, 0.6) is 0 Å². The molecule has 1 aromatic heterocycles. The lowest BCUT2D eigenvalue weighted by Gasteiger charge is -2.07. The molecule has 0 unspecified atom stereocenters. The Hall–Kier alpha value is -1.10. The summed E-state index contributed by atoms with van der Waals surface area (Å²) in [7, 11) is 0. The first-order valence-electron chi connectivity index (χ1n) is 5.21. The van der Waals surface area contributed by atoms with Gasteiger partial charge >= 0.3 is 0 Å². The van der Waals surface area contributed by atoms with Crippen LogP contribution in [0.2, 0.25) is 0 Å². The van der Waals surface area contributed by atoms with Gasteiger partial charge in [0.25, 0.3) is 0 Å². The van der Waals surface area contributed by atoms with Crippen molar-refractivity contribution in [3.05, 3.63) is 17.8 Å². The molecule has 0 aromatic carbocycles. The first-order valence-corrected chi connectivity index (χ1v) is 5.62. The third-order valence-electron chi connectivity index (χ3n) is 1.89. The number of thiocarbonyl (C=S) groups is 1. The average molecular weight is 227 g/mol. The molecule has 0 atom stereocenters. The number of nitrogens with zero attached hydrogens (tertiary/aromatic N) is 1. The number of oxazole rings is 1. The third kappa shape index (κ3) is 4.29. The van der Waals surface area contributed by atoms with Crippen LogP contribution in [0.1, 0.15) is 31.9 Å². The second-order valence-corrected chi connectivity index (χ2v) is 3.59. The van der Waals surface area contributed by atoms with Gasteiger partial charge < -0.3 is 15.1 Å². The molecule has 1 aromatic rings. The van der Waals surface area contributed by atoms with Crippen LogP contribution in [0.15, 0.2) is 10.6 Å². The van der Waals surface area contributed by atoms with Crippen LogP contribution in [0.3, 0.4) is 0 Å². The standard InChI is InChI=1S/C10H17N3OS/c1-3-5-11-10(15)13-7-9-12-6-8(4-2)14-9/h6H,3-5,7H2,1-2H3,(H2,11,13,15). The van der Waals surface area contributed by atoms with E-state index in [0.29, 0.717) is 17.5 Å². The van der Waals surface area contributed by atoms with Gasteiger partial charge in [-0.3, -0.25) is 0 Å². The van der Waals surface area contributed by atoms with Crippen LogP contribution in [0, 0.1) is 0 Å². The molecular formula is C10H17N3OS. The van der Waals surface area contributed by atoms with E-state index in [4.69, 9.17) is 16.6 Å². The number of hydrogen-bond donors (Lipinski definition) is 2. The third-order valence-corrected chi connectivity index (χ3v) is 2.17. The molecule has 84 valence electrons. The molecule has 0 radical (unpaired) electrons. The highest BCUT2D eigenvalue weighted by molar-refractivity contribution is 7.80. The molecule has 0 amide bonds. The van der Waals surface area contributed by atoms with Crippen molar-refractivity contribution >= 4 is 17.3 Å². The van der Waals surface area contributed by atoms with Crippen molar-refractivity contribution < 1.29 is 4.42 Å². The predicted molar refractivity (Wildman–Crippen MR) is 63.6 cm³/mol. The van der Waals surface area contributed by atoms with E-state index in [-0.39, 0.29) is 0 Å². The van der Waals surface area contributed by atoms with Gasteiger partial charge in [0.2, 0.25) is 5.89 Å². The second-order valence-electron chi connectivity index (χ2n) is 3.18. The van der Waals surface area contributed by atoms with Crippen LogP contribution >= 0.6 is 12.2 Å². The molecule has 0 aliphatic heterocycles. The molecule has 0 bridgehead atoms. The highest BCUT2D eigenvalue weighted by Crippen LogP contribution is 2.03. The summed E-state index contributed by atoms with van der Waals surface area (Å²) in [5.41, 5.74) is 0. The van der Waals surface area contributed by atoms with E-state index >= 15 is 0 Å². The SMILES string of the molecule is CCCNC(=S)NCc1ncc(CC)o1. The maximum Gasteiger partial charge on any atom is 0.213 e. The van der Waals surface area contributed by atoms with Crippen molar-refractivity contribution in [2.24, 2.45) is 0 Å². The zero-order chi connectivity index (χ0) is 11.1. The lowest BCUT2D eigenvalue weighted by Crippen LogP contribution is -2.35. The van der Waals surface area contributed by atoms with Gasteiger partial charge in [0.05, 0.1) is 12.7 Å². The van der Waals surface area contributed by atoms with E-state index in [1.165, 1.54) is 0 Å². The van der Waals surface area contributed by atoms with Gasteiger partial charge in [0.1, 0.15) is 5.76 Å². The zero-order valence-electron chi connectivity index (χ0n) is 9.17. The summed E-state index contributed by atoms with van der Waals surface area (Å²) >= 11 is 5.06. The molecule has 0 spiro atoms. The number of nitrogens with one attached hydrogen (secondary N) is 2. The van der Waals surface area contributed by atoms with Crippen molar-refractivity contribution in [1.82, 2.24) is 15.6 Å². The number of aryl methyl sites for hydroxylation is 1. The summed E-state index contributed by atoms with van der Waals surface area (Å²) in [6, 6.07) is 0. The van der Waals surface area contributed by atoms with E-state index < -0.39 is 0 Å². The number of rotatable bonds is 5. The molecule has 4 nitrogen and oxygen atoms in total. The van der Waals surface area contributed by atoms with E-state index in [1.807, 2.05) is 6.92 Å². The zero-order valence-corrected chi connectivity index (χ0v) is 9.99. The Labute approximate surface area is 95.5 Å². The van der Waals surface area contributed by atoms with Crippen molar-refractivity contribution in [2.45, 2.75) is 33.2 Å². The highest BCUT2D eigenvalue weighted by atomic mass is 32.1.